The van der Waals surface area contributed by atoms with E-state index in [1.54, 1.807) is 0 Å². The molecule has 0 heterocycles. The summed E-state index contributed by atoms with van der Waals surface area (Å²) in [7, 11) is 0. The second kappa shape index (κ2) is 29.7. The van der Waals surface area contributed by atoms with Gasteiger partial charge >= 0.3 is 0 Å². The van der Waals surface area contributed by atoms with Crippen LogP contribution in [0.4, 0.5) is 0 Å². The highest BCUT2D eigenvalue weighted by Gasteiger charge is 2.08. The summed E-state index contributed by atoms with van der Waals surface area (Å²) in [4.78, 5) is 11.3. The molecule has 197 valence electrons. The van der Waals surface area contributed by atoms with Crippen LogP contribution in [0.15, 0.2) is 0 Å². The molecule has 0 spiro atoms. The van der Waals surface area contributed by atoms with Gasteiger partial charge in [0.15, 0.2) is 0 Å². The van der Waals surface area contributed by atoms with E-state index in [-0.39, 0.29) is 5.92 Å². The highest BCUT2D eigenvalue weighted by Crippen LogP contribution is 2.19. The van der Waals surface area contributed by atoms with Gasteiger partial charge < -0.3 is 0 Å². The van der Waals surface area contributed by atoms with Crippen LogP contribution in [-0.2, 0) is 4.79 Å². The van der Waals surface area contributed by atoms with Crippen molar-refractivity contribution in [3.05, 3.63) is 0 Å². The van der Waals surface area contributed by atoms with Gasteiger partial charge in [0.2, 0.25) is 6.29 Å². The lowest BCUT2D eigenvalue weighted by Gasteiger charge is -2.09. The van der Waals surface area contributed by atoms with Gasteiger partial charge in [0.25, 0.3) is 0 Å². The molecule has 0 saturated heterocycles. The quantitative estimate of drug-likeness (QED) is 0.101. The molecule has 0 rings (SSSR count). The van der Waals surface area contributed by atoms with E-state index in [1.807, 2.05) is 0 Å². The monoisotopic (exact) mass is 463 g/mol. The second-order valence-corrected chi connectivity index (χ2v) is 10.9. The van der Waals surface area contributed by atoms with Gasteiger partial charge in [0.1, 0.15) is 0 Å². The van der Waals surface area contributed by atoms with E-state index in [0.29, 0.717) is 0 Å². The minimum absolute atomic E-state index is 0.214. The van der Waals surface area contributed by atoms with Crippen molar-refractivity contribution in [2.45, 2.75) is 194 Å². The first kappa shape index (κ1) is 32.7. The van der Waals surface area contributed by atoms with Crippen LogP contribution >= 0.6 is 0 Å². The Kier molecular flexibility index (Phi) is 29.4. The van der Waals surface area contributed by atoms with Crippen molar-refractivity contribution < 1.29 is 4.79 Å². The fourth-order valence-corrected chi connectivity index (χ4v) is 5.08. The van der Waals surface area contributed by atoms with Crippen LogP contribution < -0.4 is 0 Å². The normalized spacial score (nSPS) is 12.3. The van der Waals surface area contributed by atoms with Crippen LogP contribution in [0.1, 0.15) is 194 Å². The summed E-state index contributed by atoms with van der Waals surface area (Å²) in [5.74, 6) is 0.214. The van der Waals surface area contributed by atoms with E-state index >= 15 is 0 Å². The van der Waals surface area contributed by atoms with E-state index in [4.69, 9.17) is 0 Å². The number of rotatable bonds is 29. The Morgan fingerprint density at radius 2 is 0.576 bits per heavy atom. The standard InChI is InChI=1S/C32H63O/c1-3-5-7-9-11-13-15-16-17-18-19-20-22-24-26-28-30-32(31-33)29-27-25-23-21-14-12-10-8-6-4-2/h32H,3-30H2,1-2H3. The van der Waals surface area contributed by atoms with Crippen LogP contribution in [0.3, 0.4) is 0 Å². The number of hydrogen-bond donors (Lipinski definition) is 0. The van der Waals surface area contributed by atoms with Gasteiger partial charge in [0.05, 0.1) is 0 Å². The van der Waals surface area contributed by atoms with Crippen LogP contribution in [0.5, 0.6) is 0 Å². The second-order valence-electron chi connectivity index (χ2n) is 10.9. The Balaban J connectivity index is 3.25. The molecule has 33 heavy (non-hydrogen) atoms. The summed E-state index contributed by atoms with van der Waals surface area (Å²) in [5, 5.41) is 0. The number of hydrogen-bond acceptors (Lipinski definition) is 1. The molecule has 0 bridgehead atoms. The van der Waals surface area contributed by atoms with E-state index in [0.717, 1.165) is 12.8 Å². The van der Waals surface area contributed by atoms with Crippen LogP contribution in [0, 0.1) is 5.92 Å². The van der Waals surface area contributed by atoms with Gasteiger partial charge in [-0.1, -0.05) is 181 Å². The van der Waals surface area contributed by atoms with Crippen LogP contribution in [-0.4, -0.2) is 6.29 Å². The zero-order valence-electron chi connectivity index (χ0n) is 23.3. The first-order valence-corrected chi connectivity index (χ1v) is 15.7. The fraction of sp³-hybridized carbons (Fsp3) is 0.969. The molecule has 1 radical (unpaired) electrons. The molecule has 0 amide bonds. The van der Waals surface area contributed by atoms with E-state index in [2.05, 4.69) is 20.1 Å². The minimum atomic E-state index is 0.214. The maximum Gasteiger partial charge on any atom is 0.201 e. The molecule has 1 nitrogen and oxygen atoms in total. The van der Waals surface area contributed by atoms with Crippen molar-refractivity contribution >= 4 is 6.29 Å². The van der Waals surface area contributed by atoms with Crippen molar-refractivity contribution in [1.29, 1.82) is 0 Å². The van der Waals surface area contributed by atoms with Crippen molar-refractivity contribution in [3.63, 3.8) is 0 Å². The Morgan fingerprint density at radius 3 is 0.788 bits per heavy atom. The lowest BCUT2D eigenvalue weighted by Crippen LogP contribution is -2.02. The van der Waals surface area contributed by atoms with Crippen molar-refractivity contribution in [1.82, 2.24) is 0 Å². The van der Waals surface area contributed by atoms with E-state index in [1.165, 1.54) is 167 Å². The predicted molar refractivity (Wildman–Crippen MR) is 150 cm³/mol. The third-order valence-corrected chi connectivity index (χ3v) is 7.48. The highest BCUT2D eigenvalue weighted by molar-refractivity contribution is 5.54. The van der Waals surface area contributed by atoms with Crippen molar-refractivity contribution in [3.8, 4) is 0 Å². The third kappa shape index (κ3) is 27.8. The maximum atomic E-state index is 11.3. The van der Waals surface area contributed by atoms with Gasteiger partial charge in [-0.15, -0.1) is 0 Å². The molecule has 0 fully saturated rings. The van der Waals surface area contributed by atoms with Gasteiger partial charge in [-0.25, -0.2) is 0 Å². The zero-order chi connectivity index (χ0) is 24.1. The molecule has 0 aromatic rings. The molecule has 1 unspecified atom stereocenters. The molecule has 0 N–H and O–H groups in total. The van der Waals surface area contributed by atoms with Gasteiger partial charge in [-0.05, 0) is 12.8 Å². The largest absolute Gasteiger partial charge is 0.291 e. The first-order chi connectivity index (χ1) is 16.3. The summed E-state index contributed by atoms with van der Waals surface area (Å²) in [6, 6.07) is 0. The predicted octanol–water partition coefficient (Wildman–Crippen LogP) is 11.7. The molecule has 1 heteroatoms. The smallest absolute Gasteiger partial charge is 0.201 e. The number of unbranched alkanes of at least 4 members (excludes halogenated alkanes) is 24. The SMILES string of the molecule is CCCCCCCCCCCCCCCCCCC([C]=O)CCCCCCCCCCCC. The molecule has 0 aromatic heterocycles. The summed E-state index contributed by atoms with van der Waals surface area (Å²) in [6.45, 7) is 4.58. The molecule has 0 aromatic carbocycles. The third-order valence-electron chi connectivity index (χ3n) is 7.48. The summed E-state index contributed by atoms with van der Waals surface area (Å²) < 4.78 is 0. The zero-order valence-corrected chi connectivity index (χ0v) is 23.3. The van der Waals surface area contributed by atoms with Crippen molar-refractivity contribution in [2.24, 2.45) is 5.92 Å². The van der Waals surface area contributed by atoms with Gasteiger partial charge in [-0.3, -0.25) is 4.79 Å². The first-order valence-electron chi connectivity index (χ1n) is 15.7. The van der Waals surface area contributed by atoms with Gasteiger partial charge in [-0.2, -0.15) is 0 Å². The maximum absolute atomic E-state index is 11.3. The van der Waals surface area contributed by atoms with Crippen LogP contribution in [0.2, 0.25) is 0 Å². The molecule has 1 atom stereocenters. The lowest BCUT2D eigenvalue weighted by atomic mass is 9.95. The molecule has 0 saturated carbocycles. The average molecular weight is 464 g/mol. The highest BCUT2D eigenvalue weighted by atomic mass is 16.1. The Morgan fingerprint density at radius 1 is 0.364 bits per heavy atom. The summed E-state index contributed by atoms with van der Waals surface area (Å²) >= 11 is 0. The average Bonchev–Trinajstić information content (AvgIpc) is 2.83. The van der Waals surface area contributed by atoms with E-state index < -0.39 is 0 Å². The summed E-state index contributed by atoms with van der Waals surface area (Å²) in [5.41, 5.74) is 0. The van der Waals surface area contributed by atoms with Crippen LogP contribution in [0.25, 0.3) is 0 Å². The number of carbonyl (C=O) groups excluding carboxylic acids is 1. The Bertz CT molecular complexity index is 350. The van der Waals surface area contributed by atoms with Gasteiger partial charge in [0, 0.05) is 5.92 Å². The Hall–Kier alpha value is -0.330. The molecular formula is C32H63O. The minimum Gasteiger partial charge on any atom is -0.291 e. The van der Waals surface area contributed by atoms with Crippen molar-refractivity contribution in [2.75, 3.05) is 0 Å². The topological polar surface area (TPSA) is 17.1 Å². The molecule has 0 aliphatic heterocycles. The van der Waals surface area contributed by atoms with E-state index in [9.17, 15) is 4.79 Å². The molecular weight excluding hydrogens is 400 g/mol. The summed E-state index contributed by atoms with van der Waals surface area (Å²) in [6.07, 6.45) is 40.8. The Labute approximate surface area is 210 Å². The molecule has 0 aliphatic carbocycles. The fourth-order valence-electron chi connectivity index (χ4n) is 5.08. The lowest BCUT2D eigenvalue weighted by molar-refractivity contribution is 0.448. The molecule has 0 aliphatic rings.